The highest BCUT2D eigenvalue weighted by atomic mass is 19.1. The van der Waals surface area contributed by atoms with Gasteiger partial charge in [0.2, 0.25) is 0 Å². The van der Waals surface area contributed by atoms with Gasteiger partial charge in [0.15, 0.2) is 0 Å². The van der Waals surface area contributed by atoms with E-state index in [9.17, 15) is 18.4 Å². The Morgan fingerprint density at radius 1 is 0.861 bits per heavy atom. The zero-order chi connectivity index (χ0) is 26.2. The van der Waals surface area contributed by atoms with Gasteiger partial charge in [-0.2, -0.15) is 0 Å². The van der Waals surface area contributed by atoms with Gasteiger partial charge < -0.3 is 37.1 Å². The van der Waals surface area contributed by atoms with Crippen molar-refractivity contribution in [1.29, 1.82) is 0 Å². The molecule has 7 N–H and O–H groups in total. The maximum Gasteiger partial charge on any atom is 0.340 e. The van der Waals surface area contributed by atoms with Crippen molar-refractivity contribution in [3.05, 3.63) is 53.6 Å². The zero-order valence-electron chi connectivity index (χ0n) is 20.6. The van der Waals surface area contributed by atoms with Gasteiger partial charge in [0, 0.05) is 12.2 Å². The molecule has 0 aliphatic rings. The Morgan fingerprint density at radius 2 is 1.56 bits per heavy atom. The number of benzene rings is 2. The number of carbonyl (C=O) groups is 2. The Morgan fingerprint density at radius 3 is 2.22 bits per heavy atom. The zero-order valence-corrected chi connectivity index (χ0v) is 20.6. The molecule has 2 rings (SSSR count). The molecule has 0 atom stereocenters. The van der Waals surface area contributed by atoms with E-state index in [0.29, 0.717) is 13.1 Å². The van der Waals surface area contributed by atoms with Crippen molar-refractivity contribution >= 4 is 29.1 Å². The van der Waals surface area contributed by atoms with Gasteiger partial charge in [-0.1, -0.05) is 6.07 Å². The second-order valence-corrected chi connectivity index (χ2v) is 8.09. The van der Waals surface area contributed by atoms with Crippen LogP contribution in [0.2, 0.25) is 0 Å². The molecule has 0 radical (unpaired) electrons. The van der Waals surface area contributed by atoms with Gasteiger partial charge in [0.1, 0.15) is 11.6 Å². The minimum Gasteiger partial charge on any atom is -0.465 e. The van der Waals surface area contributed by atoms with E-state index in [1.807, 2.05) is 0 Å². The third kappa shape index (κ3) is 10.5. The van der Waals surface area contributed by atoms with E-state index in [1.165, 1.54) is 24.3 Å². The number of halogens is 2. The molecule has 0 aliphatic carbocycles. The number of carbonyl (C=O) groups excluding carboxylic acids is 2. The number of ether oxygens (including phenoxy) is 1. The van der Waals surface area contributed by atoms with Crippen molar-refractivity contribution in [3.63, 3.8) is 0 Å². The van der Waals surface area contributed by atoms with Crippen LogP contribution in [0.25, 0.3) is 0 Å². The van der Waals surface area contributed by atoms with Crippen molar-refractivity contribution < 1.29 is 23.1 Å². The molecule has 0 saturated carbocycles. The molecule has 0 aliphatic heterocycles. The van der Waals surface area contributed by atoms with E-state index in [-0.39, 0.29) is 22.6 Å². The molecular formula is C25H36F2N6O3. The predicted octanol–water partition coefficient (Wildman–Crippen LogP) is 3.51. The molecule has 2 aromatic rings. The highest BCUT2D eigenvalue weighted by Gasteiger charge is 2.18. The van der Waals surface area contributed by atoms with Crippen LogP contribution in [0.3, 0.4) is 0 Å². The monoisotopic (exact) mass is 506 g/mol. The van der Waals surface area contributed by atoms with Crippen molar-refractivity contribution in [2.75, 3.05) is 62.3 Å². The molecule has 0 heterocycles. The lowest BCUT2D eigenvalue weighted by atomic mass is 10.1. The maximum absolute atomic E-state index is 14.6. The van der Waals surface area contributed by atoms with Crippen molar-refractivity contribution in [2.24, 2.45) is 5.73 Å². The lowest BCUT2D eigenvalue weighted by Gasteiger charge is -2.15. The first-order chi connectivity index (χ1) is 17.4. The minimum atomic E-state index is -0.805. The minimum absolute atomic E-state index is 0.0536. The summed E-state index contributed by atoms with van der Waals surface area (Å²) >= 11 is 0. The average molecular weight is 507 g/mol. The summed E-state index contributed by atoms with van der Waals surface area (Å²) in [7, 11) is 1.16. The Balaban J connectivity index is 1.84. The molecule has 11 heteroatoms. The molecule has 0 unspecified atom stereocenters. The topological polar surface area (TPSA) is 130 Å². The van der Waals surface area contributed by atoms with Crippen LogP contribution in [-0.4, -0.2) is 58.4 Å². The summed E-state index contributed by atoms with van der Waals surface area (Å²) in [6.07, 6.45) is 3.86. The van der Waals surface area contributed by atoms with Gasteiger partial charge >= 0.3 is 12.0 Å². The van der Waals surface area contributed by atoms with E-state index in [1.54, 1.807) is 0 Å². The third-order valence-electron chi connectivity index (χ3n) is 5.20. The first kappa shape index (κ1) is 29.0. The number of amides is 2. The first-order valence-electron chi connectivity index (χ1n) is 12.1. The molecular weight excluding hydrogens is 470 g/mol. The fourth-order valence-electron chi connectivity index (χ4n) is 3.36. The summed E-state index contributed by atoms with van der Waals surface area (Å²) < 4.78 is 32.7. The lowest BCUT2D eigenvalue weighted by Crippen LogP contribution is -2.23. The Hall–Kier alpha value is -3.28. The van der Waals surface area contributed by atoms with E-state index >= 15 is 0 Å². The molecule has 0 spiro atoms. The van der Waals surface area contributed by atoms with E-state index in [0.717, 1.165) is 71.1 Å². The van der Waals surface area contributed by atoms with Crippen molar-refractivity contribution in [3.8, 4) is 0 Å². The SMILES string of the molecule is COC(=O)c1cc(F)c(NCCCNCCCCNCCCN)cc1NC(=O)Nc1cccc(F)c1. The molecule has 0 fully saturated rings. The highest BCUT2D eigenvalue weighted by molar-refractivity contribution is 6.05. The fourth-order valence-corrected chi connectivity index (χ4v) is 3.36. The van der Waals surface area contributed by atoms with Crippen LogP contribution in [0.4, 0.5) is 30.6 Å². The van der Waals surface area contributed by atoms with Crippen LogP contribution in [-0.2, 0) is 4.74 Å². The van der Waals surface area contributed by atoms with Crippen LogP contribution in [0.1, 0.15) is 36.0 Å². The van der Waals surface area contributed by atoms with E-state index in [4.69, 9.17) is 10.5 Å². The number of unbranched alkanes of at least 4 members (excludes halogenated alkanes) is 1. The van der Waals surface area contributed by atoms with Crippen LogP contribution >= 0.6 is 0 Å². The lowest BCUT2D eigenvalue weighted by molar-refractivity contribution is 0.0601. The van der Waals surface area contributed by atoms with Crippen LogP contribution in [0.5, 0.6) is 0 Å². The molecule has 198 valence electrons. The van der Waals surface area contributed by atoms with Crippen molar-refractivity contribution in [1.82, 2.24) is 10.6 Å². The molecule has 2 amide bonds. The Kier molecular flexibility index (Phi) is 13.2. The second kappa shape index (κ2) is 16.4. The number of nitrogens with two attached hydrogens (primary N) is 1. The summed E-state index contributed by atoms with van der Waals surface area (Å²) in [5.74, 6) is -1.97. The molecule has 0 bridgehead atoms. The van der Waals surface area contributed by atoms with Gasteiger partial charge in [-0.05, 0) is 88.7 Å². The van der Waals surface area contributed by atoms with Crippen molar-refractivity contribution in [2.45, 2.75) is 25.7 Å². The van der Waals surface area contributed by atoms with E-state index in [2.05, 4.69) is 26.6 Å². The number of anilines is 3. The number of urea groups is 1. The Bertz CT molecular complexity index is 977. The number of hydrogen-bond donors (Lipinski definition) is 6. The predicted molar refractivity (Wildman–Crippen MR) is 139 cm³/mol. The normalized spacial score (nSPS) is 10.7. The smallest absolute Gasteiger partial charge is 0.340 e. The molecule has 0 saturated heterocycles. The van der Waals surface area contributed by atoms with Gasteiger partial charge in [-0.25, -0.2) is 18.4 Å². The highest BCUT2D eigenvalue weighted by Crippen LogP contribution is 2.26. The van der Waals surface area contributed by atoms with Gasteiger partial charge in [0.25, 0.3) is 0 Å². The van der Waals surface area contributed by atoms with Gasteiger partial charge in [0.05, 0.1) is 24.0 Å². The maximum atomic E-state index is 14.6. The molecule has 9 nitrogen and oxygen atoms in total. The standard InChI is InChI=1S/C25H36F2N6O3/c1-36-24(34)20-16-21(27)23(31-14-6-13-30-11-3-2-10-29-12-5-9-28)17-22(20)33-25(35)32-19-8-4-7-18(26)15-19/h4,7-8,15-17,29-31H,2-3,5-6,9-14,28H2,1H3,(H2,32,33,35). The van der Waals surface area contributed by atoms with Crippen LogP contribution < -0.4 is 32.3 Å². The fraction of sp³-hybridized carbons (Fsp3) is 0.440. The summed E-state index contributed by atoms with van der Waals surface area (Å²) in [5.41, 5.74) is 5.72. The average Bonchev–Trinajstić information content (AvgIpc) is 2.85. The van der Waals surface area contributed by atoms with Gasteiger partial charge in [-0.3, -0.25) is 0 Å². The molecule has 0 aromatic heterocycles. The van der Waals surface area contributed by atoms with Crippen LogP contribution in [0, 0.1) is 11.6 Å². The molecule has 2 aromatic carbocycles. The van der Waals surface area contributed by atoms with Crippen LogP contribution in [0.15, 0.2) is 36.4 Å². The number of hydrogen-bond acceptors (Lipinski definition) is 7. The third-order valence-corrected chi connectivity index (χ3v) is 5.20. The Labute approximate surface area is 210 Å². The summed E-state index contributed by atoms with van der Waals surface area (Å²) in [6.45, 7) is 4.76. The second-order valence-electron chi connectivity index (χ2n) is 8.09. The van der Waals surface area contributed by atoms with Gasteiger partial charge in [-0.15, -0.1) is 0 Å². The largest absolute Gasteiger partial charge is 0.465 e. The summed E-state index contributed by atoms with van der Waals surface area (Å²) in [5, 5.41) is 14.7. The number of esters is 1. The number of methoxy groups -OCH3 is 1. The number of nitrogens with one attached hydrogen (secondary N) is 5. The summed E-state index contributed by atoms with van der Waals surface area (Å²) in [6, 6.07) is 6.96. The first-order valence-corrected chi connectivity index (χ1v) is 12.1. The quantitative estimate of drug-likeness (QED) is 0.152. The molecule has 36 heavy (non-hydrogen) atoms. The number of rotatable bonds is 16. The van der Waals surface area contributed by atoms with E-state index < -0.39 is 23.6 Å². The summed E-state index contributed by atoms with van der Waals surface area (Å²) in [4.78, 5) is 24.5.